The van der Waals surface area contributed by atoms with Crippen LogP contribution in [-0.2, 0) is 0 Å². The molecular formula is C26H24ClN3O4. The van der Waals surface area contributed by atoms with E-state index in [1.165, 1.54) is 6.42 Å². The number of halogens is 1. The van der Waals surface area contributed by atoms with Gasteiger partial charge in [0.1, 0.15) is 22.6 Å². The van der Waals surface area contributed by atoms with Crippen LogP contribution in [0.15, 0.2) is 62.3 Å². The van der Waals surface area contributed by atoms with Crippen molar-refractivity contribution in [3.05, 3.63) is 75.3 Å². The summed E-state index contributed by atoms with van der Waals surface area (Å²) in [5, 5.41) is 11.5. The molecule has 2 aromatic carbocycles. The van der Waals surface area contributed by atoms with Gasteiger partial charge in [-0.2, -0.15) is 0 Å². The molecule has 2 aromatic heterocycles. The van der Waals surface area contributed by atoms with Gasteiger partial charge in [0, 0.05) is 17.0 Å². The lowest BCUT2D eigenvalue weighted by atomic mass is 9.95. The number of anilines is 2. The van der Waals surface area contributed by atoms with Crippen LogP contribution in [0.2, 0.25) is 5.02 Å². The number of carbonyl (C=O) groups excluding carboxylic acids is 1. The summed E-state index contributed by atoms with van der Waals surface area (Å²) in [6, 6.07) is 14.6. The zero-order valence-electron chi connectivity index (χ0n) is 18.7. The van der Waals surface area contributed by atoms with Crippen molar-refractivity contribution < 1.29 is 13.7 Å². The maximum absolute atomic E-state index is 13.5. The van der Waals surface area contributed by atoms with Crippen molar-refractivity contribution in [1.29, 1.82) is 0 Å². The first-order valence-corrected chi connectivity index (χ1v) is 11.8. The number of amides is 1. The molecule has 2 N–H and O–H groups in total. The van der Waals surface area contributed by atoms with Gasteiger partial charge >= 0.3 is 5.63 Å². The molecule has 8 heteroatoms. The van der Waals surface area contributed by atoms with E-state index in [1.54, 1.807) is 37.3 Å². The minimum absolute atomic E-state index is 0.0694. The monoisotopic (exact) mass is 477 g/mol. The zero-order valence-corrected chi connectivity index (χ0v) is 19.4. The predicted molar refractivity (Wildman–Crippen MR) is 133 cm³/mol. The van der Waals surface area contributed by atoms with Crippen LogP contribution in [0.5, 0.6) is 0 Å². The molecule has 2 heterocycles. The molecule has 4 aromatic rings. The Bertz CT molecular complexity index is 1420. The van der Waals surface area contributed by atoms with Crippen molar-refractivity contribution in [1.82, 2.24) is 5.16 Å². The van der Waals surface area contributed by atoms with E-state index in [0.29, 0.717) is 33.3 Å². The van der Waals surface area contributed by atoms with E-state index in [-0.39, 0.29) is 17.3 Å². The number of para-hydroxylation sites is 1. The number of rotatable bonds is 5. The Hall–Kier alpha value is -3.58. The lowest BCUT2D eigenvalue weighted by Gasteiger charge is -2.25. The number of hydrogen-bond donors (Lipinski definition) is 2. The van der Waals surface area contributed by atoms with Crippen molar-refractivity contribution in [3.8, 4) is 11.3 Å². The smallest absolute Gasteiger partial charge is 0.362 e. The molecule has 7 nitrogen and oxygen atoms in total. The van der Waals surface area contributed by atoms with Crippen LogP contribution in [0, 0.1) is 6.92 Å². The third-order valence-electron chi connectivity index (χ3n) is 6.22. The van der Waals surface area contributed by atoms with Crippen LogP contribution < -0.4 is 16.3 Å². The SMILES string of the molecule is Cc1onc(-c2ccccc2Cl)c1C(=O)Nc1c(NC2CCCCC2)c2ccccc2oc1=O. The van der Waals surface area contributed by atoms with E-state index < -0.39 is 11.5 Å². The number of nitrogens with zero attached hydrogens (tertiary/aromatic N) is 1. The van der Waals surface area contributed by atoms with E-state index in [0.717, 1.165) is 31.1 Å². The molecule has 1 fully saturated rings. The van der Waals surface area contributed by atoms with E-state index in [9.17, 15) is 9.59 Å². The fraction of sp³-hybridized carbons (Fsp3) is 0.269. The molecule has 0 atom stereocenters. The van der Waals surface area contributed by atoms with Gasteiger partial charge in [0.15, 0.2) is 5.69 Å². The normalized spacial score (nSPS) is 14.3. The Kier molecular flexibility index (Phi) is 6.11. The number of carbonyl (C=O) groups is 1. The van der Waals surface area contributed by atoms with Gasteiger partial charge in [-0.1, -0.05) is 66.4 Å². The lowest BCUT2D eigenvalue weighted by Crippen LogP contribution is -2.26. The fourth-order valence-corrected chi connectivity index (χ4v) is 4.74. The van der Waals surface area contributed by atoms with Crippen molar-refractivity contribution in [2.45, 2.75) is 45.1 Å². The minimum Gasteiger partial charge on any atom is -0.421 e. The standard InChI is InChI=1S/C26H24ClN3O4/c1-15-21(22(30-34-15)17-11-5-7-13-19(17)27)25(31)29-24-23(28-16-9-3-2-4-10-16)18-12-6-8-14-20(18)33-26(24)32/h5-8,11-14,16,28H,2-4,9-10H2,1H3,(H,29,31). The van der Waals surface area contributed by atoms with Crippen LogP contribution in [0.4, 0.5) is 11.4 Å². The molecule has 0 spiro atoms. The fourth-order valence-electron chi connectivity index (χ4n) is 4.52. The molecule has 0 bridgehead atoms. The summed E-state index contributed by atoms with van der Waals surface area (Å²) in [4.78, 5) is 26.5. The highest BCUT2D eigenvalue weighted by Gasteiger charge is 2.26. The first-order chi connectivity index (χ1) is 16.5. The molecule has 0 aliphatic heterocycles. The molecular weight excluding hydrogens is 454 g/mol. The first kappa shape index (κ1) is 22.2. The summed E-state index contributed by atoms with van der Waals surface area (Å²) < 4.78 is 10.9. The second-order valence-electron chi connectivity index (χ2n) is 8.51. The molecule has 1 aliphatic rings. The second-order valence-corrected chi connectivity index (χ2v) is 8.92. The summed E-state index contributed by atoms with van der Waals surface area (Å²) in [6.45, 7) is 1.65. The molecule has 0 saturated heterocycles. The van der Waals surface area contributed by atoms with Gasteiger partial charge in [-0.15, -0.1) is 0 Å². The Morgan fingerprint density at radius 2 is 1.76 bits per heavy atom. The first-order valence-electron chi connectivity index (χ1n) is 11.4. The van der Waals surface area contributed by atoms with Gasteiger partial charge in [-0.3, -0.25) is 4.79 Å². The summed E-state index contributed by atoms with van der Waals surface area (Å²) in [7, 11) is 0. The molecule has 34 heavy (non-hydrogen) atoms. The summed E-state index contributed by atoms with van der Waals surface area (Å²) in [5.41, 5.74) is 1.56. The molecule has 1 saturated carbocycles. The maximum atomic E-state index is 13.5. The van der Waals surface area contributed by atoms with Crippen LogP contribution in [0.3, 0.4) is 0 Å². The zero-order chi connectivity index (χ0) is 23.7. The molecule has 0 unspecified atom stereocenters. The van der Waals surface area contributed by atoms with Crippen LogP contribution in [0.1, 0.15) is 48.2 Å². The number of hydrogen-bond acceptors (Lipinski definition) is 6. The molecule has 1 amide bonds. The van der Waals surface area contributed by atoms with Crippen molar-refractivity contribution in [2.75, 3.05) is 10.6 Å². The van der Waals surface area contributed by atoms with Gasteiger partial charge in [0.25, 0.3) is 5.91 Å². The third-order valence-corrected chi connectivity index (χ3v) is 6.55. The maximum Gasteiger partial charge on any atom is 0.362 e. The molecule has 174 valence electrons. The second kappa shape index (κ2) is 9.35. The van der Waals surface area contributed by atoms with Gasteiger partial charge < -0.3 is 19.6 Å². The lowest BCUT2D eigenvalue weighted by molar-refractivity contribution is 0.102. The Balaban J connectivity index is 1.57. The van der Waals surface area contributed by atoms with Crippen LogP contribution in [-0.4, -0.2) is 17.1 Å². The Labute approximate surface area is 201 Å². The van der Waals surface area contributed by atoms with E-state index in [4.69, 9.17) is 20.5 Å². The van der Waals surface area contributed by atoms with Crippen molar-refractivity contribution in [2.24, 2.45) is 0 Å². The highest BCUT2D eigenvalue weighted by Crippen LogP contribution is 2.34. The number of aryl methyl sites for hydroxylation is 1. The minimum atomic E-state index is -0.626. The Morgan fingerprint density at radius 1 is 1.03 bits per heavy atom. The van der Waals surface area contributed by atoms with Gasteiger partial charge in [0.2, 0.25) is 0 Å². The van der Waals surface area contributed by atoms with E-state index in [1.807, 2.05) is 18.2 Å². The summed E-state index contributed by atoms with van der Waals surface area (Å²) in [5.74, 6) is -0.206. The van der Waals surface area contributed by atoms with Crippen molar-refractivity contribution in [3.63, 3.8) is 0 Å². The van der Waals surface area contributed by atoms with Crippen LogP contribution >= 0.6 is 11.6 Å². The van der Waals surface area contributed by atoms with Gasteiger partial charge in [-0.05, 0) is 38.0 Å². The number of nitrogens with one attached hydrogen (secondary N) is 2. The highest BCUT2D eigenvalue weighted by molar-refractivity contribution is 6.33. The van der Waals surface area contributed by atoms with Gasteiger partial charge in [0.05, 0.1) is 10.7 Å². The van der Waals surface area contributed by atoms with E-state index in [2.05, 4.69) is 15.8 Å². The summed E-state index contributed by atoms with van der Waals surface area (Å²) >= 11 is 6.34. The average molecular weight is 478 g/mol. The largest absolute Gasteiger partial charge is 0.421 e. The van der Waals surface area contributed by atoms with E-state index >= 15 is 0 Å². The third kappa shape index (κ3) is 4.19. The summed E-state index contributed by atoms with van der Waals surface area (Å²) in [6.07, 6.45) is 5.46. The predicted octanol–water partition coefficient (Wildman–Crippen LogP) is 6.41. The topological polar surface area (TPSA) is 97.4 Å². The number of fused-ring (bicyclic) bond motifs is 1. The van der Waals surface area contributed by atoms with Crippen molar-refractivity contribution >= 4 is 39.9 Å². The highest BCUT2D eigenvalue weighted by atomic mass is 35.5. The number of aromatic nitrogens is 1. The van der Waals surface area contributed by atoms with Gasteiger partial charge in [-0.25, -0.2) is 4.79 Å². The molecule has 1 aliphatic carbocycles. The quantitative estimate of drug-likeness (QED) is 0.322. The Morgan fingerprint density at radius 3 is 2.56 bits per heavy atom. The average Bonchev–Trinajstić information content (AvgIpc) is 3.23. The van der Waals surface area contributed by atoms with Crippen LogP contribution in [0.25, 0.3) is 22.2 Å². The number of benzene rings is 2. The molecule has 5 rings (SSSR count). The molecule has 0 radical (unpaired) electrons.